The Morgan fingerprint density at radius 2 is 1.56 bits per heavy atom. The lowest BCUT2D eigenvalue weighted by Gasteiger charge is -2.27. The average Bonchev–Trinajstić information content (AvgIpc) is 2.23. The molecule has 0 fully saturated rings. The van der Waals surface area contributed by atoms with Crippen molar-refractivity contribution in [2.24, 2.45) is 11.3 Å². The second-order valence-electron chi connectivity index (χ2n) is 6.26. The quantitative estimate of drug-likeness (QED) is 0.711. The van der Waals surface area contributed by atoms with E-state index in [0.717, 1.165) is 6.42 Å². The first kappa shape index (κ1) is 16.9. The Kier molecular flexibility index (Phi) is 5.84. The van der Waals surface area contributed by atoms with Gasteiger partial charge in [0.2, 0.25) is 5.60 Å². The lowest BCUT2D eigenvalue weighted by molar-refractivity contribution is -0.184. The monoisotopic (exact) mass is 258 g/mol. The summed E-state index contributed by atoms with van der Waals surface area (Å²) in [5, 5.41) is 0. The number of hydrogen-bond donors (Lipinski definition) is 0. The topological polar surface area (TPSA) is 52.6 Å². The number of esters is 2. The maximum Gasteiger partial charge on any atom is 0.350 e. The van der Waals surface area contributed by atoms with Crippen LogP contribution in [0, 0.1) is 11.3 Å². The van der Waals surface area contributed by atoms with Gasteiger partial charge in [-0.2, -0.15) is 0 Å². The molecule has 1 unspecified atom stereocenters. The van der Waals surface area contributed by atoms with Gasteiger partial charge in [0.15, 0.2) is 0 Å². The van der Waals surface area contributed by atoms with Gasteiger partial charge in [0, 0.05) is 0 Å². The van der Waals surface area contributed by atoms with Gasteiger partial charge in [-0.3, -0.25) is 4.79 Å². The summed E-state index contributed by atoms with van der Waals surface area (Å²) in [7, 11) is 0. The SMILES string of the molecule is CCC(C)COC(=O)C(C)(C)OC(=O)C(C)(C)C. The fraction of sp³-hybridized carbons (Fsp3) is 0.857. The van der Waals surface area contributed by atoms with E-state index in [2.05, 4.69) is 0 Å². The van der Waals surface area contributed by atoms with E-state index >= 15 is 0 Å². The number of hydrogen-bond acceptors (Lipinski definition) is 4. The summed E-state index contributed by atoms with van der Waals surface area (Å²) in [5.41, 5.74) is -1.87. The zero-order valence-corrected chi connectivity index (χ0v) is 12.6. The van der Waals surface area contributed by atoms with Crippen LogP contribution in [0.4, 0.5) is 0 Å². The first-order valence-electron chi connectivity index (χ1n) is 6.41. The fourth-order valence-electron chi connectivity index (χ4n) is 0.936. The second kappa shape index (κ2) is 6.21. The molecule has 0 saturated carbocycles. The molecule has 0 aliphatic heterocycles. The van der Waals surface area contributed by atoms with Crippen LogP contribution in [0.1, 0.15) is 54.9 Å². The van der Waals surface area contributed by atoms with Crippen LogP contribution in [0.5, 0.6) is 0 Å². The molecule has 18 heavy (non-hydrogen) atoms. The average molecular weight is 258 g/mol. The van der Waals surface area contributed by atoms with Gasteiger partial charge >= 0.3 is 11.9 Å². The predicted molar refractivity (Wildman–Crippen MR) is 70.0 cm³/mol. The van der Waals surface area contributed by atoms with Crippen molar-refractivity contribution in [1.82, 2.24) is 0 Å². The first-order valence-corrected chi connectivity index (χ1v) is 6.41. The zero-order chi connectivity index (χ0) is 14.6. The van der Waals surface area contributed by atoms with Crippen molar-refractivity contribution in [3.05, 3.63) is 0 Å². The molecule has 0 heterocycles. The van der Waals surface area contributed by atoms with Gasteiger partial charge in [-0.1, -0.05) is 20.3 Å². The van der Waals surface area contributed by atoms with E-state index in [1.807, 2.05) is 13.8 Å². The minimum absolute atomic E-state index is 0.308. The highest BCUT2D eigenvalue weighted by molar-refractivity contribution is 5.84. The number of carbonyl (C=O) groups excluding carboxylic acids is 2. The van der Waals surface area contributed by atoms with Crippen LogP contribution in [-0.2, 0) is 19.1 Å². The van der Waals surface area contributed by atoms with Crippen LogP contribution in [0.3, 0.4) is 0 Å². The van der Waals surface area contributed by atoms with E-state index in [-0.39, 0.29) is 0 Å². The molecular weight excluding hydrogens is 232 g/mol. The lowest BCUT2D eigenvalue weighted by Crippen LogP contribution is -2.42. The van der Waals surface area contributed by atoms with Crippen molar-refractivity contribution < 1.29 is 19.1 Å². The van der Waals surface area contributed by atoms with Crippen molar-refractivity contribution in [3.8, 4) is 0 Å². The summed E-state index contributed by atoms with van der Waals surface area (Å²) in [4.78, 5) is 23.6. The molecule has 0 radical (unpaired) electrons. The molecular formula is C14H26O4. The van der Waals surface area contributed by atoms with Crippen molar-refractivity contribution >= 4 is 11.9 Å². The Balaban J connectivity index is 4.45. The molecule has 0 rings (SSSR count). The largest absolute Gasteiger partial charge is 0.462 e. The van der Waals surface area contributed by atoms with E-state index in [9.17, 15) is 9.59 Å². The molecule has 0 aromatic rings. The molecule has 106 valence electrons. The molecule has 4 nitrogen and oxygen atoms in total. The number of carbonyl (C=O) groups is 2. The second-order valence-corrected chi connectivity index (χ2v) is 6.26. The van der Waals surface area contributed by atoms with Crippen LogP contribution < -0.4 is 0 Å². The molecule has 1 atom stereocenters. The number of rotatable bonds is 5. The van der Waals surface area contributed by atoms with Crippen molar-refractivity contribution in [2.75, 3.05) is 6.61 Å². The smallest absolute Gasteiger partial charge is 0.350 e. The first-order chi connectivity index (χ1) is 8.00. The molecule has 0 aromatic carbocycles. The highest BCUT2D eigenvalue weighted by Gasteiger charge is 2.37. The van der Waals surface area contributed by atoms with Crippen LogP contribution in [0.15, 0.2) is 0 Å². The summed E-state index contributed by atoms with van der Waals surface area (Å²) in [5.74, 6) is -0.601. The van der Waals surface area contributed by atoms with Gasteiger partial charge in [0.25, 0.3) is 0 Å². The maximum absolute atomic E-state index is 11.8. The summed E-state index contributed by atoms with van der Waals surface area (Å²) in [6.07, 6.45) is 0.940. The summed E-state index contributed by atoms with van der Waals surface area (Å²) < 4.78 is 10.4. The summed E-state index contributed by atoms with van der Waals surface area (Å²) in [6.45, 7) is 12.7. The minimum atomic E-state index is -1.24. The van der Waals surface area contributed by atoms with Crippen LogP contribution >= 0.6 is 0 Å². The van der Waals surface area contributed by atoms with Gasteiger partial charge in [0.05, 0.1) is 12.0 Å². The molecule has 0 aliphatic carbocycles. The van der Waals surface area contributed by atoms with Crippen LogP contribution in [0.25, 0.3) is 0 Å². The standard InChI is InChI=1S/C14H26O4/c1-8-10(2)9-17-12(16)14(6,7)18-11(15)13(3,4)5/h10H,8-9H2,1-7H3. The molecule has 0 spiro atoms. The van der Waals surface area contributed by atoms with Gasteiger partial charge in [0.1, 0.15) is 0 Å². The highest BCUT2D eigenvalue weighted by atomic mass is 16.6. The molecule has 0 amide bonds. The Morgan fingerprint density at radius 1 is 1.06 bits per heavy atom. The van der Waals surface area contributed by atoms with E-state index < -0.39 is 23.0 Å². The van der Waals surface area contributed by atoms with Crippen LogP contribution in [0.2, 0.25) is 0 Å². The Morgan fingerprint density at radius 3 is 1.94 bits per heavy atom. The van der Waals surface area contributed by atoms with Gasteiger partial charge < -0.3 is 9.47 Å². The van der Waals surface area contributed by atoms with E-state index in [1.165, 1.54) is 0 Å². The highest BCUT2D eigenvalue weighted by Crippen LogP contribution is 2.21. The van der Waals surface area contributed by atoms with Crippen molar-refractivity contribution in [3.63, 3.8) is 0 Å². The minimum Gasteiger partial charge on any atom is -0.462 e. The third-order valence-electron chi connectivity index (χ3n) is 2.65. The van der Waals surface area contributed by atoms with Crippen molar-refractivity contribution in [1.29, 1.82) is 0 Å². The lowest BCUT2D eigenvalue weighted by atomic mass is 9.96. The Hall–Kier alpha value is -1.06. The summed E-state index contributed by atoms with van der Waals surface area (Å²) >= 11 is 0. The molecule has 0 aromatic heterocycles. The fourth-order valence-corrected chi connectivity index (χ4v) is 0.936. The van der Waals surface area contributed by atoms with E-state index in [1.54, 1.807) is 34.6 Å². The molecule has 4 heteroatoms. The Bertz CT molecular complexity index is 299. The third-order valence-corrected chi connectivity index (χ3v) is 2.65. The van der Waals surface area contributed by atoms with Crippen LogP contribution in [-0.4, -0.2) is 24.1 Å². The van der Waals surface area contributed by atoms with Gasteiger partial charge in [-0.15, -0.1) is 0 Å². The van der Waals surface area contributed by atoms with E-state index in [4.69, 9.17) is 9.47 Å². The number of ether oxygens (including phenoxy) is 2. The molecule has 0 saturated heterocycles. The molecule has 0 bridgehead atoms. The van der Waals surface area contributed by atoms with Gasteiger partial charge in [-0.25, -0.2) is 4.79 Å². The van der Waals surface area contributed by atoms with Crippen molar-refractivity contribution in [2.45, 2.75) is 60.5 Å². The molecule has 0 N–H and O–H groups in total. The van der Waals surface area contributed by atoms with Gasteiger partial charge in [-0.05, 0) is 40.5 Å². The zero-order valence-electron chi connectivity index (χ0n) is 12.6. The third kappa shape index (κ3) is 5.52. The predicted octanol–water partition coefficient (Wildman–Crippen LogP) is 2.94. The van der Waals surface area contributed by atoms with E-state index in [0.29, 0.717) is 12.5 Å². The molecule has 0 aliphatic rings. The normalized spacial score (nSPS) is 13.9. The summed E-state index contributed by atoms with van der Waals surface area (Å²) in [6, 6.07) is 0. The Labute approximate surface area is 110 Å². The maximum atomic E-state index is 11.8.